The van der Waals surface area contributed by atoms with Crippen LogP contribution in [0.4, 0.5) is 6.01 Å². The van der Waals surface area contributed by atoms with Crippen molar-refractivity contribution < 1.29 is 9.26 Å². The Morgan fingerprint density at radius 2 is 2.17 bits per heavy atom. The van der Waals surface area contributed by atoms with Gasteiger partial charge in [0.05, 0.1) is 6.10 Å². The lowest BCUT2D eigenvalue weighted by atomic mass is 10.2. The molecule has 1 aromatic carbocycles. The second-order valence-corrected chi connectivity index (χ2v) is 4.31. The van der Waals surface area contributed by atoms with E-state index in [0.29, 0.717) is 11.8 Å². The number of hydrogen-bond acceptors (Lipinski definition) is 5. The third kappa shape index (κ3) is 2.51. The highest BCUT2D eigenvalue weighted by molar-refractivity contribution is 5.54. The van der Waals surface area contributed by atoms with E-state index in [4.69, 9.17) is 9.26 Å². The molecule has 5 heteroatoms. The fraction of sp³-hybridized carbons (Fsp3) is 0.385. The Bertz CT molecular complexity index is 492. The second kappa shape index (κ2) is 5.18. The molecule has 1 fully saturated rings. The van der Waals surface area contributed by atoms with E-state index in [0.717, 1.165) is 31.6 Å². The van der Waals surface area contributed by atoms with E-state index in [2.05, 4.69) is 15.5 Å². The van der Waals surface area contributed by atoms with Gasteiger partial charge in [-0.1, -0.05) is 35.5 Å². The zero-order valence-electron chi connectivity index (χ0n) is 10.0. The zero-order valence-corrected chi connectivity index (χ0v) is 10.0. The molecule has 1 aliphatic rings. The van der Waals surface area contributed by atoms with Gasteiger partial charge < -0.3 is 14.6 Å². The predicted molar refractivity (Wildman–Crippen MR) is 67.2 cm³/mol. The molecule has 94 valence electrons. The molecule has 18 heavy (non-hydrogen) atoms. The molecule has 3 rings (SSSR count). The fourth-order valence-corrected chi connectivity index (χ4v) is 2.01. The first-order valence-electron chi connectivity index (χ1n) is 6.16. The maximum Gasteiger partial charge on any atom is 0.321 e. The SMILES string of the molecule is c1ccc(-c2noc(NC[C@@H]3CCCO3)n2)cc1. The van der Waals surface area contributed by atoms with Gasteiger partial charge in [0.15, 0.2) is 0 Å². The number of anilines is 1. The third-order valence-electron chi connectivity index (χ3n) is 2.96. The van der Waals surface area contributed by atoms with Gasteiger partial charge in [-0.3, -0.25) is 0 Å². The monoisotopic (exact) mass is 245 g/mol. The normalized spacial score (nSPS) is 19.0. The van der Waals surface area contributed by atoms with Crippen LogP contribution in [-0.4, -0.2) is 29.4 Å². The molecule has 0 radical (unpaired) electrons. The van der Waals surface area contributed by atoms with Crippen molar-refractivity contribution in [1.82, 2.24) is 10.1 Å². The molecule has 0 aliphatic carbocycles. The van der Waals surface area contributed by atoms with Crippen LogP contribution in [0.15, 0.2) is 34.9 Å². The maximum atomic E-state index is 5.51. The van der Waals surface area contributed by atoms with Gasteiger partial charge in [0.25, 0.3) is 0 Å². The number of benzene rings is 1. The van der Waals surface area contributed by atoms with Crippen molar-refractivity contribution in [2.75, 3.05) is 18.5 Å². The number of ether oxygens (including phenoxy) is 1. The molecule has 0 amide bonds. The first-order valence-corrected chi connectivity index (χ1v) is 6.16. The van der Waals surface area contributed by atoms with Crippen molar-refractivity contribution in [2.24, 2.45) is 0 Å². The van der Waals surface area contributed by atoms with Crippen LogP contribution in [0.5, 0.6) is 0 Å². The Morgan fingerprint density at radius 1 is 1.28 bits per heavy atom. The van der Waals surface area contributed by atoms with Gasteiger partial charge >= 0.3 is 6.01 Å². The van der Waals surface area contributed by atoms with Gasteiger partial charge in [-0.15, -0.1) is 0 Å². The summed E-state index contributed by atoms with van der Waals surface area (Å²) in [6.07, 6.45) is 2.48. The van der Waals surface area contributed by atoms with Crippen molar-refractivity contribution in [3.8, 4) is 11.4 Å². The second-order valence-electron chi connectivity index (χ2n) is 4.31. The van der Waals surface area contributed by atoms with Crippen molar-refractivity contribution in [2.45, 2.75) is 18.9 Å². The molecule has 0 unspecified atom stereocenters. The molecule has 2 aromatic rings. The van der Waals surface area contributed by atoms with Gasteiger partial charge in [0.2, 0.25) is 5.82 Å². The fourth-order valence-electron chi connectivity index (χ4n) is 2.01. The van der Waals surface area contributed by atoms with E-state index in [1.54, 1.807) is 0 Å². The largest absolute Gasteiger partial charge is 0.376 e. The molecule has 1 atom stereocenters. The molecule has 2 heterocycles. The van der Waals surface area contributed by atoms with E-state index in [1.807, 2.05) is 30.3 Å². The summed E-state index contributed by atoms with van der Waals surface area (Å²) in [6, 6.07) is 10.2. The summed E-state index contributed by atoms with van der Waals surface area (Å²) in [5.41, 5.74) is 0.950. The Labute approximate surface area is 105 Å². The average molecular weight is 245 g/mol. The number of nitrogens with one attached hydrogen (secondary N) is 1. The lowest BCUT2D eigenvalue weighted by Gasteiger charge is -2.07. The van der Waals surface area contributed by atoms with Gasteiger partial charge in [0.1, 0.15) is 0 Å². The summed E-state index contributed by atoms with van der Waals surface area (Å²) in [4.78, 5) is 4.30. The quantitative estimate of drug-likeness (QED) is 0.895. The Balaban J connectivity index is 1.63. The smallest absolute Gasteiger partial charge is 0.321 e. The summed E-state index contributed by atoms with van der Waals surface area (Å²) in [7, 11) is 0. The molecule has 1 saturated heterocycles. The van der Waals surface area contributed by atoms with Gasteiger partial charge in [0, 0.05) is 18.7 Å². The van der Waals surface area contributed by atoms with Crippen LogP contribution < -0.4 is 5.32 Å². The van der Waals surface area contributed by atoms with Gasteiger partial charge in [-0.05, 0) is 12.8 Å². The van der Waals surface area contributed by atoms with Crippen LogP contribution in [-0.2, 0) is 4.74 Å². The topological polar surface area (TPSA) is 60.2 Å². The molecule has 1 N–H and O–H groups in total. The minimum absolute atomic E-state index is 0.261. The van der Waals surface area contributed by atoms with E-state index < -0.39 is 0 Å². The van der Waals surface area contributed by atoms with E-state index in [1.165, 1.54) is 0 Å². The summed E-state index contributed by atoms with van der Waals surface area (Å²) in [6.45, 7) is 1.57. The highest BCUT2D eigenvalue weighted by Gasteiger charge is 2.16. The lowest BCUT2D eigenvalue weighted by Crippen LogP contribution is -2.18. The van der Waals surface area contributed by atoms with E-state index in [-0.39, 0.29) is 6.10 Å². The molecule has 1 aliphatic heterocycles. The number of rotatable bonds is 4. The van der Waals surface area contributed by atoms with Crippen LogP contribution in [0, 0.1) is 0 Å². The van der Waals surface area contributed by atoms with Crippen molar-refractivity contribution in [3.05, 3.63) is 30.3 Å². The Hall–Kier alpha value is -1.88. The van der Waals surface area contributed by atoms with E-state index in [9.17, 15) is 0 Å². The zero-order chi connectivity index (χ0) is 12.2. The third-order valence-corrected chi connectivity index (χ3v) is 2.96. The number of aromatic nitrogens is 2. The molecule has 0 spiro atoms. The highest BCUT2D eigenvalue weighted by Crippen LogP contribution is 2.18. The first-order chi connectivity index (χ1) is 8.92. The molecule has 5 nitrogen and oxygen atoms in total. The minimum atomic E-state index is 0.261. The van der Waals surface area contributed by atoms with Crippen molar-refractivity contribution in [1.29, 1.82) is 0 Å². The van der Waals surface area contributed by atoms with Crippen molar-refractivity contribution in [3.63, 3.8) is 0 Å². The lowest BCUT2D eigenvalue weighted by molar-refractivity contribution is 0.120. The number of hydrogen-bond donors (Lipinski definition) is 1. The standard InChI is InChI=1S/C13H15N3O2/c1-2-5-10(6-3-1)12-15-13(18-16-12)14-9-11-7-4-8-17-11/h1-3,5-6,11H,4,7-9H2,(H,14,15,16)/t11-/m0/s1. The van der Waals surface area contributed by atoms with Crippen molar-refractivity contribution >= 4 is 6.01 Å². The average Bonchev–Trinajstić information content (AvgIpc) is 3.09. The molecule has 0 saturated carbocycles. The summed E-state index contributed by atoms with van der Waals surface area (Å²) in [5, 5.41) is 7.05. The van der Waals surface area contributed by atoms with Gasteiger partial charge in [-0.2, -0.15) is 4.98 Å². The van der Waals surface area contributed by atoms with Crippen LogP contribution >= 0.6 is 0 Å². The Kier molecular flexibility index (Phi) is 3.23. The maximum absolute atomic E-state index is 5.51. The molecular formula is C13H15N3O2. The molecule has 0 bridgehead atoms. The van der Waals surface area contributed by atoms with Crippen LogP contribution in [0.25, 0.3) is 11.4 Å². The van der Waals surface area contributed by atoms with Crippen LogP contribution in [0.1, 0.15) is 12.8 Å². The summed E-state index contributed by atoms with van der Waals surface area (Å²) in [5.74, 6) is 0.602. The Morgan fingerprint density at radius 3 is 2.94 bits per heavy atom. The van der Waals surface area contributed by atoms with E-state index >= 15 is 0 Å². The summed E-state index contributed by atoms with van der Waals surface area (Å²) >= 11 is 0. The number of nitrogens with zero attached hydrogens (tertiary/aromatic N) is 2. The van der Waals surface area contributed by atoms with Crippen LogP contribution in [0.3, 0.4) is 0 Å². The predicted octanol–water partition coefficient (Wildman–Crippen LogP) is 2.33. The van der Waals surface area contributed by atoms with Gasteiger partial charge in [-0.25, -0.2) is 0 Å². The summed E-state index contributed by atoms with van der Waals surface area (Å²) < 4.78 is 10.7. The first kappa shape index (κ1) is 11.2. The highest BCUT2D eigenvalue weighted by atomic mass is 16.5. The minimum Gasteiger partial charge on any atom is -0.376 e. The molecule has 1 aromatic heterocycles. The van der Waals surface area contributed by atoms with Crippen LogP contribution in [0.2, 0.25) is 0 Å². The molecular weight excluding hydrogens is 230 g/mol.